The lowest BCUT2D eigenvalue weighted by atomic mass is 9.93. The van der Waals surface area contributed by atoms with Crippen molar-refractivity contribution in [1.82, 2.24) is 4.90 Å². The summed E-state index contributed by atoms with van der Waals surface area (Å²) in [6, 6.07) is 3.94. The smallest absolute Gasteiger partial charge is 0.254 e. The molecular formula is C14H17BrFNO3. The zero-order valence-corrected chi connectivity index (χ0v) is 12.8. The number of ether oxygens (including phenoxy) is 1. The molecular weight excluding hydrogens is 329 g/mol. The highest BCUT2D eigenvalue weighted by atomic mass is 79.9. The molecule has 1 aromatic carbocycles. The van der Waals surface area contributed by atoms with Gasteiger partial charge in [-0.2, -0.15) is 0 Å². The molecule has 0 saturated carbocycles. The minimum atomic E-state index is -0.908. The predicted octanol–water partition coefficient (Wildman–Crippen LogP) is 2.20. The molecule has 0 radical (unpaired) electrons. The van der Waals surface area contributed by atoms with Crippen molar-refractivity contribution in [2.45, 2.75) is 18.4 Å². The van der Waals surface area contributed by atoms with Gasteiger partial charge in [-0.3, -0.25) is 4.79 Å². The lowest BCUT2D eigenvalue weighted by Gasteiger charge is -2.35. The molecule has 6 heteroatoms. The number of carbonyl (C=O) groups excluding carboxylic acids is 1. The number of hydrogen-bond donors (Lipinski definition) is 1. The summed E-state index contributed by atoms with van der Waals surface area (Å²) in [7, 11) is 1.63. The highest BCUT2D eigenvalue weighted by Crippen LogP contribution is 2.24. The van der Waals surface area contributed by atoms with Gasteiger partial charge < -0.3 is 14.7 Å². The van der Waals surface area contributed by atoms with E-state index >= 15 is 0 Å². The average Bonchev–Trinajstić information content (AvgIpc) is 2.38. The van der Waals surface area contributed by atoms with Crippen molar-refractivity contribution in [2.24, 2.45) is 0 Å². The van der Waals surface area contributed by atoms with Crippen LogP contribution in [0.2, 0.25) is 0 Å². The zero-order chi connectivity index (χ0) is 14.8. The van der Waals surface area contributed by atoms with Gasteiger partial charge >= 0.3 is 0 Å². The third-order valence-electron chi connectivity index (χ3n) is 3.46. The SMILES string of the molecule is CN(CC1(O)CCOCC1)C(=O)c1ccc(F)cc1Br. The zero-order valence-electron chi connectivity index (χ0n) is 11.2. The van der Waals surface area contributed by atoms with E-state index in [1.165, 1.54) is 23.1 Å². The third kappa shape index (κ3) is 3.56. The first-order chi connectivity index (χ1) is 9.41. The summed E-state index contributed by atoms with van der Waals surface area (Å²) >= 11 is 3.18. The molecule has 0 aliphatic carbocycles. The lowest BCUT2D eigenvalue weighted by Crippen LogP contribution is -2.47. The summed E-state index contributed by atoms with van der Waals surface area (Å²) in [5.74, 6) is -0.657. The Morgan fingerprint density at radius 3 is 2.75 bits per heavy atom. The molecule has 1 aromatic rings. The highest BCUT2D eigenvalue weighted by Gasteiger charge is 2.32. The van der Waals surface area contributed by atoms with E-state index in [1.54, 1.807) is 7.05 Å². The van der Waals surface area contributed by atoms with Crippen LogP contribution in [0.5, 0.6) is 0 Å². The molecule has 1 saturated heterocycles. The summed E-state index contributed by atoms with van der Waals surface area (Å²) in [5.41, 5.74) is -0.528. The Morgan fingerprint density at radius 1 is 1.50 bits per heavy atom. The van der Waals surface area contributed by atoms with Crippen LogP contribution in [0, 0.1) is 5.82 Å². The fourth-order valence-electron chi connectivity index (χ4n) is 2.29. The summed E-state index contributed by atoms with van der Waals surface area (Å²) in [6.07, 6.45) is 1.02. The van der Waals surface area contributed by atoms with Gasteiger partial charge in [0.15, 0.2) is 0 Å². The van der Waals surface area contributed by atoms with Crippen molar-refractivity contribution in [3.8, 4) is 0 Å². The number of carbonyl (C=O) groups is 1. The number of aliphatic hydroxyl groups is 1. The van der Waals surface area contributed by atoms with Gasteiger partial charge in [-0.05, 0) is 34.1 Å². The van der Waals surface area contributed by atoms with Crippen LogP contribution in [0.3, 0.4) is 0 Å². The minimum absolute atomic E-state index is 0.235. The van der Waals surface area contributed by atoms with Crippen molar-refractivity contribution < 1.29 is 19.0 Å². The van der Waals surface area contributed by atoms with E-state index in [4.69, 9.17) is 4.74 Å². The Morgan fingerprint density at radius 2 is 2.15 bits per heavy atom. The first kappa shape index (κ1) is 15.4. The number of benzene rings is 1. The van der Waals surface area contributed by atoms with Crippen molar-refractivity contribution in [3.05, 3.63) is 34.1 Å². The maximum atomic E-state index is 13.0. The average molecular weight is 346 g/mol. The molecule has 110 valence electrons. The fraction of sp³-hybridized carbons (Fsp3) is 0.500. The summed E-state index contributed by atoms with van der Waals surface area (Å²) in [6.45, 7) is 1.23. The number of likely N-dealkylation sites (N-methyl/N-ethyl adjacent to an activating group) is 1. The van der Waals surface area contributed by atoms with Crippen LogP contribution in [0.15, 0.2) is 22.7 Å². The van der Waals surface area contributed by atoms with E-state index in [2.05, 4.69) is 15.9 Å². The second-order valence-corrected chi connectivity index (χ2v) is 5.98. The van der Waals surface area contributed by atoms with Crippen LogP contribution >= 0.6 is 15.9 Å². The van der Waals surface area contributed by atoms with Crippen molar-refractivity contribution in [1.29, 1.82) is 0 Å². The van der Waals surface area contributed by atoms with Crippen LogP contribution in [-0.2, 0) is 4.74 Å². The molecule has 1 N–H and O–H groups in total. The molecule has 4 nitrogen and oxygen atoms in total. The lowest BCUT2D eigenvalue weighted by molar-refractivity contribution is -0.0734. The van der Waals surface area contributed by atoms with E-state index in [-0.39, 0.29) is 12.5 Å². The molecule has 1 aliphatic heterocycles. The fourth-order valence-corrected chi connectivity index (χ4v) is 2.81. The Labute approximate surface area is 125 Å². The van der Waals surface area contributed by atoms with Gasteiger partial charge in [0.1, 0.15) is 5.82 Å². The van der Waals surface area contributed by atoms with Gasteiger partial charge in [0.05, 0.1) is 11.2 Å². The van der Waals surface area contributed by atoms with Crippen LogP contribution in [-0.4, -0.2) is 48.3 Å². The summed E-state index contributed by atoms with van der Waals surface area (Å²) in [5, 5.41) is 10.4. The van der Waals surface area contributed by atoms with E-state index < -0.39 is 11.4 Å². The van der Waals surface area contributed by atoms with Gasteiger partial charge in [-0.1, -0.05) is 0 Å². The van der Waals surface area contributed by atoms with Crippen LogP contribution < -0.4 is 0 Å². The van der Waals surface area contributed by atoms with Crippen LogP contribution in [0.4, 0.5) is 4.39 Å². The summed E-state index contributed by atoms with van der Waals surface area (Å²) in [4.78, 5) is 13.8. The molecule has 0 atom stereocenters. The molecule has 1 amide bonds. The van der Waals surface area contributed by atoms with Gasteiger partial charge in [0, 0.05) is 44.1 Å². The number of nitrogens with zero attached hydrogens (tertiary/aromatic N) is 1. The Balaban J connectivity index is 2.08. The standard InChI is InChI=1S/C14H17BrFNO3/c1-17(9-14(19)4-6-20-7-5-14)13(18)11-3-2-10(16)8-12(11)15/h2-3,8,19H,4-7,9H2,1H3. The second-order valence-electron chi connectivity index (χ2n) is 5.12. The van der Waals surface area contributed by atoms with E-state index in [0.717, 1.165) is 0 Å². The third-order valence-corrected chi connectivity index (χ3v) is 4.12. The maximum absolute atomic E-state index is 13.0. The molecule has 1 heterocycles. The van der Waals surface area contributed by atoms with E-state index in [1.807, 2.05) is 0 Å². The highest BCUT2D eigenvalue weighted by molar-refractivity contribution is 9.10. The Hall–Kier alpha value is -0.980. The van der Waals surface area contributed by atoms with Gasteiger partial charge in [0.2, 0.25) is 0 Å². The maximum Gasteiger partial charge on any atom is 0.254 e. The van der Waals surface area contributed by atoms with Crippen molar-refractivity contribution in [2.75, 3.05) is 26.8 Å². The molecule has 2 rings (SSSR count). The molecule has 1 aliphatic rings. The van der Waals surface area contributed by atoms with Crippen LogP contribution in [0.25, 0.3) is 0 Å². The first-order valence-corrected chi connectivity index (χ1v) is 7.21. The largest absolute Gasteiger partial charge is 0.388 e. The van der Waals surface area contributed by atoms with Crippen molar-refractivity contribution in [3.63, 3.8) is 0 Å². The normalized spacial score (nSPS) is 17.8. The van der Waals surface area contributed by atoms with E-state index in [0.29, 0.717) is 36.1 Å². The number of amides is 1. The molecule has 0 bridgehead atoms. The van der Waals surface area contributed by atoms with Crippen LogP contribution in [0.1, 0.15) is 23.2 Å². The van der Waals surface area contributed by atoms with Gasteiger partial charge in [-0.25, -0.2) is 4.39 Å². The monoisotopic (exact) mass is 345 g/mol. The summed E-state index contributed by atoms with van der Waals surface area (Å²) < 4.78 is 18.7. The van der Waals surface area contributed by atoms with Crippen molar-refractivity contribution >= 4 is 21.8 Å². The number of halogens is 2. The topological polar surface area (TPSA) is 49.8 Å². The quantitative estimate of drug-likeness (QED) is 0.913. The minimum Gasteiger partial charge on any atom is -0.388 e. The predicted molar refractivity (Wildman–Crippen MR) is 76.1 cm³/mol. The molecule has 0 spiro atoms. The Kier molecular flexibility index (Phi) is 4.78. The Bertz CT molecular complexity index is 503. The second kappa shape index (κ2) is 6.20. The number of hydrogen-bond acceptors (Lipinski definition) is 3. The van der Waals surface area contributed by atoms with Gasteiger partial charge in [-0.15, -0.1) is 0 Å². The van der Waals surface area contributed by atoms with E-state index in [9.17, 15) is 14.3 Å². The number of rotatable bonds is 3. The first-order valence-electron chi connectivity index (χ1n) is 6.42. The molecule has 1 fully saturated rings. The molecule has 0 aromatic heterocycles. The molecule has 20 heavy (non-hydrogen) atoms. The molecule has 0 unspecified atom stereocenters. The van der Waals surface area contributed by atoms with Gasteiger partial charge in [0.25, 0.3) is 5.91 Å².